The normalized spacial score (nSPS) is 14.9. The first-order chi connectivity index (χ1) is 10.1. The van der Waals surface area contributed by atoms with E-state index < -0.39 is 0 Å². The second-order valence-electron chi connectivity index (χ2n) is 4.88. The summed E-state index contributed by atoms with van der Waals surface area (Å²) in [7, 11) is 0. The molecule has 0 aliphatic carbocycles. The van der Waals surface area contributed by atoms with E-state index in [1.165, 1.54) is 0 Å². The molecule has 1 atom stereocenters. The summed E-state index contributed by atoms with van der Waals surface area (Å²) in [6.45, 7) is 3.14. The number of hydrogen-bond donors (Lipinski definition) is 0. The zero-order valence-electron chi connectivity index (χ0n) is 11.3. The second-order valence-corrected chi connectivity index (χ2v) is 6.64. The first-order valence-corrected chi connectivity index (χ1v) is 8.22. The molecule has 1 unspecified atom stereocenters. The largest absolute Gasteiger partial charge is 0.486 e. The van der Waals surface area contributed by atoms with Gasteiger partial charge in [-0.05, 0) is 41.8 Å². The van der Waals surface area contributed by atoms with Crippen molar-refractivity contribution < 1.29 is 9.47 Å². The van der Waals surface area contributed by atoms with Crippen LogP contribution in [0.5, 0.6) is 11.5 Å². The molecule has 3 rings (SSSR count). The summed E-state index contributed by atoms with van der Waals surface area (Å²) < 4.78 is 11.2. The molecule has 0 saturated heterocycles. The molecule has 0 fully saturated rings. The van der Waals surface area contributed by atoms with E-state index >= 15 is 0 Å². The predicted molar refractivity (Wildman–Crippen MR) is 89.4 cm³/mol. The topological polar surface area (TPSA) is 18.5 Å². The summed E-state index contributed by atoms with van der Waals surface area (Å²) in [6.07, 6.45) is 0. The van der Waals surface area contributed by atoms with Crippen LogP contribution < -0.4 is 9.47 Å². The average molecular weight is 388 g/mol. The molecule has 1 aliphatic heterocycles. The average Bonchev–Trinajstić information content (AvgIpc) is 2.46. The summed E-state index contributed by atoms with van der Waals surface area (Å²) in [4.78, 5) is -0.0295. The van der Waals surface area contributed by atoms with Crippen molar-refractivity contribution in [3.8, 4) is 11.5 Å². The Balaban J connectivity index is 2.03. The third-order valence-corrected chi connectivity index (χ3v) is 4.99. The van der Waals surface area contributed by atoms with E-state index in [1.54, 1.807) is 0 Å². The lowest BCUT2D eigenvalue weighted by Crippen LogP contribution is -2.15. The van der Waals surface area contributed by atoms with Gasteiger partial charge in [0, 0.05) is 16.1 Å². The molecule has 2 aromatic rings. The van der Waals surface area contributed by atoms with Crippen molar-refractivity contribution >= 4 is 39.1 Å². The number of fused-ring (bicyclic) bond motifs is 1. The Morgan fingerprint density at radius 1 is 1.00 bits per heavy atom. The molecule has 0 radical (unpaired) electrons. The van der Waals surface area contributed by atoms with Crippen LogP contribution in [0.4, 0.5) is 0 Å². The number of halogens is 3. The van der Waals surface area contributed by atoms with E-state index in [0.717, 1.165) is 27.5 Å². The van der Waals surface area contributed by atoms with Crippen molar-refractivity contribution in [2.45, 2.75) is 11.8 Å². The molecule has 0 aromatic heterocycles. The SMILES string of the molecule is Cc1cc(Cl)ccc1C(Br)c1cc2c(cc1Cl)OCCO2. The van der Waals surface area contributed by atoms with Crippen molar-refractivity contribution in [2.75, 3.05) is 13.2 Å². The zero-order chi connectivity index (χ0) is 15.0. The highest BCUT2D eigenvalue weighted by molar-refractivity contribution is 9.09. The predicted octanol–water partition coefficient (Wildman–Crippen LogP) is 5.56. The van der Waals surface area contributed by atoms with Gasteiger partial charge in [-0.2, -0.15) is 0 Å². The van der Waals surface area contributed by atoms with Crippen LogP contribution in [0.1, 0.15) is 21.5 Å². The van der Waals surface area contributed by atoms with Crippen LogP contribution in [-0.2, 0) is 0 Å². The molecule has 110 valence electrons. The lowest BCUT2D eigenvalue weighted by Gasteiger charge is -2.22. The number of rotatable bonds is 2. The maximum atomic E-state index is 6.40. The smallest absolute Gasteiger partial charge is 0.162 e. The van der Waals surface area contributed by atoms with Crippen LogP contribution in [-0.4, -0.2) is 13.2 Å². The third-order valence-electron chi connectivity index (χ3n) is 3.44. The summed E-state index contributed by atoms with van der Waals surface area (Å²) in [6, 6.07) is 9.57. The van der Waals surface area contributed by atoms with Crippen LogP contribution in [0.3, 0.4) is 0 Å². The lowest BCUT2D eigenvalue weighted by molar-refractivity contribution is 0.171. The molecule has 2 nitrogen and oxygen atoms in total. The fourth-order valence-electron chi connectivity index (χ4n) is 2.36. The van der Waals surface area contributed by atoms with Crippen LogP contribution in [0.2, 0.25) is 10.0 Å². The van der Waals surface area contributed by atoms with Gasteiger partial charge in [-0.15, -0.1) is 0 Å². The third kappa shape index (κ3) is 3.01. The summed E-state index contributed by atoms with van der Waals surface area (Å²) in [5.74, 6) is 1.43. The van der Waals surface area contributed by atoms with E-state index in [4.69, 9.17) is 32.7 Å². The first kappa shape index (κ1) is 15.0. The molecule has 21 heavy (non-hydrogen) atoms. The van der Waals surface area contributed by atoms with Gasteiger partial charge in [0.05, 0.1) is 4.83 Å². The van der Waals surface area contributed by atoms with E-state index in [-0.39, 0.29) is 4.83 Å². The van der Waals surface area contributed by atoms with Crippen molar-refractivity contribution in [3.05, 3.63) is 57.1 Å². The number of alkyl halides is 1. The van der Waals surface area contributed by atoms with E-state index in [2.05, 4.69) is 15.9 Å². The van der Waals surface area contributed by atoms with Crippen LogP contribution in [0.15, 0.2) is 30.3 Å². The Bertz CT molecular complexity index is 688. The molecule has 1 aliphatic rings. The van der Waals surface area contributed by atoms with Gasteiger partial charge in [0.15, 0.2) is 11.5 Å². The molecule has 2 aromatic carbocycles. The zero-order valence-corrected chi connectivity index (χ0v) is 14.4. The molecule has 0 spiro atoms. The Morgan fingerprint density at radius 3 is 2.33 bits per heavy atom. The maximum Gasteiger partial charge on any atom is 0.162 e. The standard InChI is InChI=1S/C16H13BrCl2O2/c1-9-6-10(18)2-3-11(9)16(17)12-7-14-15(8-13(12)19)21-5-4-20-14/h2-3,6-8,16H,4-5H2,1H3. The van der Waals surface area contributed by atoms with Crippen molar-refractivity contribution in [1.29, 1.82) is 0 Å². The van der Waals surface area contributed by atoms with Crippen LogP contribution in [0, 0.1) is 6.92 Å². The van der Waals surface area contributed by atoms with Gasteiger partial charge >= 0.3 is 0 Å². The monoisotopic (exact) mass is 386 g/mol. The van der Waals surface area contributed by atoms with Gasteiger partial charge in [0.1, 0.15) is 13.2 Å². The summed E-state index contributed by atoms with van der Waals surface area (Å²) in [5.41, 5.74) is 3.18. The molecule has 0 saturated carbocycles. The van der Waals surface area contributed by atoms with E-state index in [0.29, 0.717) is 24.0 Å². The minimum atomic E-state index is -0.0295. The van der Waals surface area contributed by atoms with Crippen molar-refractivity contribution in [1.82, 2.24) is 0 Å². The molecule has 0 bridgehead atoms. The number of aryl methyl sites for hydroxylation is 1. The minimum absolute atomic E-state index is 0.0295. The van der Waals surface area contributed by atoms with Gasteiger partial charge in [-0.1, -0.05) is 45.2 Å². The molecule has 0 amide bonds. The van der Waals surface area contributed by atoms with Gasteiger partial charge < -0.3 is 9.47 Å². The number of hydrogen-bond acceptors (Lipinski definition) is 2. The van der Waals surface area contributed by atoms with Gasteiger partial charge in [0.2, 0.25) is 0 Å². The minimum Gasteiger partial charge on any atom is -0.486 e. The molecular weight excluding hydrogens is 375 g/mol. The number of ether oxygens (including phenoxy) is 2. The van der Waals surface area contributed by atoms with Crippen LogP contribution in [0.25, 0.3) is 0 Å². The van der Waals surface area contributed by atoms with Gasteiger partial charge in [0.25, 0.3) is 0 Å². The van der Waals surface area contributed by atoms with Gasteiger partial charge in [-0.3, -0.25) is 0 Å². The van der Waals surface area contributed by atoms with Crippen molar-refractivity contribution in [2.24, 2.45) is 0 Å². The first-order valence-electron chi connectivity index (χ1n) is 6.55. The number of benzene rings is 2. The molecule has 0 N–H and O–H groups in total. The molecule has 1 heterocycles. The summed E-state index contributed by atoms with van der Waals surface area (Å²) in [5, 5.41) is 1.37. The van der Waals surface area contributed by atoms with Crippen LogP contribution >= 0.6 is 39.1 Å². The molecular formula is C16H13BrCl2O2. The Hall–Kier alpha value is -0.900. The van der Waals surface area contributed by atoms with Gasteiger partial charge in [-0.25, -0.2) is 0 Å². The lowest BCUT2D eigenvalue weighted by atomic mass is 10.00. The van der Waals surface area contributed by atoms with Crippen molar-refractivity contribution in [3.63, 3.8) is 0 Å². The summed E-state index contributed by atoms with van der Waals surface area (Å²) >= 11 is 16.1. The van der Waals surface area contributed by atoms with E-state index in [1.807, 2.05) is 37.3 Å². The molecule has 5 heteroatoms. The highest BCUT2D eigenvalue weighted by Crippen LogP contribution is 2.43. The Kier molecular flexibility index (Phi) is 4.34. The van der Waals surface area contributed by atoms with E-state index in [9.17, 15) is 0 Å². The highest BCUT2D eigenvalue weighted by Gasteiger charge is 2.21. The quantitative estimate of drug-likeness (QED) is 0.628. The Labute approximate surface area is 142 Å². The fourth-order valence-corrected chi connectivity index (χ4v) is 3.88. The maximum absolute atomic E-state index is 6.40. The Morgan fingerprint density at radius 2 is 1.67 bits per heavy atom. The second kappa shape index (κ2) is 6.07. The highest BCUT2D eigenvalue weighted by atomic mass is 79.9. The fraction of sp³-hybridized carbons (Fsp3) is 0.250.